The maximum absolute atomic E-state index is 12.2. The lowest BCUT2D eigenvalue weighted by molar-refractivity contribution is -0.113. The lowest BCUT2D eigenvalue weighted by atomic mass is 10.2. The predicted molar refractivity (Wildman–Crippen MR) is 99.5 cm³/mol. The van der Waals surface area contributed by atoms with Gasteiger partial charge in [0.05, 0.1) is 18.6 Å². The molecule has 0 spiro atoms. The summed E-state index contributed by atoms with van der Waals surface area (Å²) < 4.78 is 10.6. The third kappa shape index (κ3) is 4.42. The van der Waals surface area contributed by atoms with E-state index in [0.717, 1.165) is 11.1 Å². The van der Waals surface area contributed by atoms with Gasteiger partial charge in [-0.3, -0.25) is 9.59 Å². The molecule has 0 unspecified atom stereocenters. The Morgan fingerprint density at radius 3 is 2.56 bits per heavy atom. The van der Waals surface area contributed by atoms with E-state index < -0.39 is 0 Å². The average molecular weight is 355 g/mol. The van der Waals surface area contributed by atoms with Gasteiger partial charge in [-0.1, -0.05) is 18.2 Å². The lowest BCUT2D eigenvalue weighted by Crippen LogP contribution is -2.15. The molecule has 6 heteroatoms. The van der Waals surface area contributed by atoms with Gasteiger partial charge in [0, 0.05) is 11.1 Å². The number of anilines is 1. The highest BCUT2D eigenvalue weighted by molar-refractivity contribution is 8.00. The largest absolute Gasteiger partial charge is 0.497 e. The first kappa shape index (κ1) is 17.1. The molecule has 25 heavy (non-hydrogen) atoms. The van der Waals surface area contributed by atoms with E-state index in [-0.39, 0.29) is 23.2 Å². The molecule has 3 aromatic rings. The van der Waals surface area contributed by atoms with Gasteiger partial charge in [-0.2, -0.15) is 0 Å². The van der Waals surface area contributed by atoms with Gasteiger partial charge in [-0.05, 0) is 36.4 Å². The van der Waals surface area contributed by atoms with E-state index in [4.69, 9.17) is 9.15 Å². The molecular weight excluding hydrogens is 338 g/mol. The predicted octanol–water partition coefficient (Wildman–Crippen LogP) is 4.00. The molecule has 1 heterocycles. The molecule has 0 saturated carbocycles. The van der Waals surface area contributed by atoms with Crippen LogP contribution >= 0.6 is 11.8 Å². The van der Waals surface area contributed by atoms with Gasteiger partial charge in [0.1, 0.15) is 11.3 Å². The maximum Gasteiger partial charge on any atom is 0.234 e. The maximum atomic E-state index is 12.2. The number of benzene rings is 2. The van der Waals surface area contributed by atoms with Crippen LogP contribution in [0.15, 0.2) is 59.0 Å². The van der Waals surface area contributed by atoms with Crippen LogP contribution in [0.1, 0.15) is 10.6 Å². The van der Waals surface area contributed by atoms with E-state index in [0.29, 0.717) is 17.0 Å². The molecule has 0 saturated heterocycles. The SMILES string of the molecule is COc1ccc(NC(=O)CSCC(=O)c2cc3ccccc3o2)cc1. The fourth-order valence-electron chi connectivity index (χ4n) is 2.30. The third-order valence-electron chi connectivity index (χ3n) is 3.54. The summed E-state index contributed by atoms with van der Waals surface area (Å²) in [6.45, 7) is 0. The van der Waals surface area contributed by atoms with Crippen LogP contribution in [0.2, 0.25) is 0 Å². The molecule has 0 aliphatic carbocycles. The number of thioether (sulfide) groups is 1. The highest BCUT2D eigenvalue weighted by Gasteiger charge is 2.13. The van der Waals surface area contributed by atoms with E-state index >= 15 is 0 Å². The van der Waals surface area contributed by atoms with Crippen LogP contribution in [-0.4, -0.2) is 30.3 Å². The van der Waals surface area contributed by atoms with Gasteiger partial charge in [0.2, 0.25) is 11.7 Å². The molecule has 0 aliphatic rings. The molecule has 0 fully saturated rings. The Balaban J connectivity index is 1.48. The highest BCUT2D eigenvalue weighted by atomic mass is 32.2. The molecule has 3 rings (SSSR count). The second kappa shape index (κ2) is 7.90. The first-order valence-electron chi connectivity index (χ1n) is 7.69. The normalized spacial score (nSPS) is 10.6. The van der Waals surface area contributed by atoms with Crippen molar-refractivity contribution < 1.29 is 18.7 Å². The van der Waals surface area contributed by atoms with Crippen molar-refractivity contribution in [1.29, 1.82) is 0 Å². The summed E-state index contributed by atoms with van der Waals surface area (Å²) in [6, 6.07) is 16.3. The summed E-state index contributed by atoms with van der Waals surface area (Å²) in [5, 5.41) is 3.67. The van der Waals surface area contributed by atoms with Crippen molar-refractivity contribution in [2.75, 3.05) is 23.9 Å². The highest BCUT2D eigenvalue weighted by Crippen LogP contribution is 2.20. The van der Waals surface area contributed by atoms with Gasteiger partial charge in [-0.25, -0.2) is 0 Å². The van der Waals surface area contributed by atoms with Gasteiger partial charge in [-0.15, -0.1) is 11.8 Å². The molecule has 2 aromatic carbocycles. The smallest absolute Gasteiger partial charge is 0.234 e. The van der Waals surface area contributed by atoms with Crippen LogP contribution < -0.4 is 10.1 Å². The number of Topliss-reactive ketones (excluding diaryl/α,β-unsaturated/α-hetero) is 1. The number of ether oxygens (including phenoxy) is 1. The summed E-state index contributed by atoms with van der Waals surface area (Å²) in [5.74, 6) is 1.15. The first-order chi connectivity index (χ1) is 12.2. The number of methoxy groups -OCH3 is 1. The molecular formula is C19H17NO4S. The van der Waals surface area contributed by atoms with Crippen LogP contribution in [-0.2, 0) is 4.79 Å². The zero-order valence-corrected chi connectivity index (χ0v) is 14.5. The van der Waals surface area contributed by atoms with Crippen molar-refractivity contribution >= 4 is 40.1 Å². The van der Waals surface area contributed by atoms with Crippen molar-refractivity contribution in [2.45, 2.75) is 0 Å². The Morgan fingerprint density at radius 1 is 1.08 bits per heavy atom. The fourth-order valence-corrected chi connectivity index (χ4v) is 2.99. The fraction of sp³-hybridized carbons (Fsp3) is 0.158. The molecule has 1 N–H and O–H groups in total. The van der Waals surface area contributed by atoms with E-state index in [9.17, 15) is 9.59 Å². The molecule has 0 radical (unpaired) electrons. The quantitative estimate of drug-likeness (QED) is 0.649. The Labute approximate surface area is 149 Å². The zero-order valence-electron chi connectivity index (χ0n) is 13.7. The second-order valence-electron chi connectivity index (χ2n) is 5.34. The first-order valence-corrected chi connectivity index (χ1v) is 8.84. The van der Waals surface area contributed by atoms with Crippen LogP contribution in [0.25, 0.3) is 11.0 Å². The van der Waals surface area contributed by atoms with E-state index in [2.05, 4.69) is 5.32 Å². The van der Waals surface area contributed by atoms with Crippen molar-refractivity contribution in [3.8, 4) is 5.75 Å². The van der Waals surface area contributed by atoms with E-state index in [1.807, 2.05) is 24.3 Å². The van der Waals surface area contributed by atoms with E-state index in [1.165, 1.54) is 11.8 Å². The number of fused-ring (bicyclic) bond motifs is 1. The summed E-state index contributed by atoms with van der Waals surface area (Å²) >= 11 is 1.25. The Bertz CT molecular complexity index is 853. The summed E-state index contributed by atoms with van der Waals surface area (Å²) in [6.07, 6.45) is 0. The number of furan rings is 1. The number of nitrogens with one attached hydrogen (secondary N) is 1. The molecule has 5 nitrogen and oxygen atoms in total. The summed E-state index contributed by atoms with van der Waals surface area (Å²) in [7, 11) is 1.59. The number of ketones is 1. The van der Waals surface area contributed by atoms with Crippen molar-refractivity contribution in [1.82, 2.24) is 0 Å². The minimum atomic E-state index is -0.160. The Hall–Kier alpha value is -2.73. The summed E-state index contributed by atoms with van der Waals surface area (Å²) in [4.78, 5) is 24.1. The lowest BCUT2D eigenvalue weighted by Gasteiger charge is -2.05. The van der Waals surface area contributed by atoms with Crippen molar-refractivity contribution in [3.05, 3.63) is 60.4 Å². The molecule has 1 aromatic heterocycles. The molecule has 0 atom stereocenters. The van der Waals surface area contributed by atoms with Crippen molar-refractivity contribution in [3.63, 3.8) is 0 Å². The molecule has 0 bridgehead atoms. The molecule has 128 valence electrons. The number of hydrogen-bond acceptors (Lipinski definition) is 5. The van der Waals surface area contributed by atoms with Gasteiger partial charge >= 0.3 is 0 Å². The Morgan fingerprint density at radius 2 is 1.84 bits per heavy atom. The van der Waals surface area contributed by atoms with Crippen LogP contribution in [0, 0.1) is 0 Å². The van der Waals surface area contributed by atoms with Gasteiger partial charge in [0.15, 0.2) is 5.76 Å². The number of carbonyl (C=O) groups is 2. The monoisotopic (exact) mass is 355 g/mol. The summed E-state index contributed by atoms with van der Waals surface area (Å²) in [5.41, 5.74) is 1.38. The topological polar surface area (TPSA) is 68.5 Å². The second-order valence-corrected chi connectivity index (χ2v) is 6.33. The number of amides is 1. The number of rotatable bonds is 7. The van der Waals surface area contributed by atoms with Crippen LogP contribution in [0.5, 0.6) is 5.75 Å². The number of carbonyl (C=O) groups excluding carboxylic acids is 2. The minimum absolute atomic E-state index is 0.126. The standard InChI is InChI=1S/C19H17NO4S/c1-23-15-8-6-14(7-9-15)20-19(22)12-25-11-16(21)18-10-13-4-2-3-5-17(13)24-18/h2-10H,11-12H2,1H3,(H,20,22). The minimum Gasteiger partial charge on any atom is -0.497 e. The van der Waals surface area contributed by atoms with Gasteiger partial charge in [0.25, 0.3) is 0 Å². The zero-order chi connectivity index (χ0) is 17.6. The Kier molecular flexibility index (Phi) is 5.40. The van der Waals surface area contributed by atoms with Crippen LogP contribution in [0.4, 0.5) is 5.69 Å². The van der Waals surface area contributed by atoms with Crippen molar-refractivity contribution in [2.24, 2.45) is 0 Å². The molecule has 1 amide bonds. The van der Waals surface area contributed by atoms with Gasteiger partial charge < -0.3 is 14.5 Å². The third-order valence-corrected chi connectivity index (χ3v) is 4.47. The number of para-hydroxylation sites is 1. The van der Waals surface area contributed by atoms with E-state index in [1.54, 1.807) is 37.4 Å². The average Bonchev–Trinajstić information content (AvgIpc) is 3.06. The molecule has 0 aliphatic heterocycles. The number of hydrogen-bond donors (Lipinski definition) is 1. The van der Waals surface area contributed by atoms with Crippen LogP contribution in [0.3, 0.4) is 0 Å².